The lowest BCUT2D eigenvalue weighted by molar-refractivity contribution is -0.384. The van der Waals surface area contributed by atoms with Crippen molar-refractivity contribution >= 4 is 46.0 Å². The molecule has 4 heterocycles. The zero-order chi connectivity index (χ0) is 28.7. The Bertz CT molecular complexity index is 1580. The molecular weight excluding hydrogens is 556 g/mol. The number of piperidine rings is 1. The zero-order valence-electron chi connectivity index (χ0n) is 22.9. The van der Waals surface area contributed by atoms with Crippen LogP contribution in [0, 0.1) is 22.0 Å². The summed E-state index contributed by atoms with van der Waals surface area (Å²) in [7, 11) is 0. The summed E-state index contributed by atoms with van der Waals surface area (Å²) < 4.78 is 1.97. The van der Waals surface area contributed by atoms with Gasteiger partial charge in [0.05, 0.1) is 33.1 Å². The Labute approximate surface area is 249 Å². The molecule has 210 valence electrons. The fraction of sp³-hybridized carbons (Fsp3) is 0.290. The van der Waals surface area contributed by atoms with Gasteiger partial charge >= 0.3 is 0 Å². The first-order valence-electron chi connectivity index (χ1n) is 13.8. The molecule has 0 saturated carbocycles. The van der Waals surface area contributed by atoms with Crippen LogP contribution in [0.3, 0.4) is 0 Å². The number of nitrogens with zero attached hydrogens (tertiary/aromatic N) is 5. The summed E-state index contributed by atoms with van der Waals surface area (Å²) in [5.41, 5.74) is 4.37. The lowest BCUT2D eigenvalue weighted by Gasteiger charge is -2.37. The van der Waals surface area contributed by atoms with Gasteiger partial charge in [-0.05, 0) is 79.0 Å². The minimum Gasteiger partial charge on any atom is -0.370 e. The number of nitrogens with one attached hydrogen (secondary N) is 1. The predicted molar refractivity (Wildman–Crippen MR) is 167 cm³/mol. The molecule has 2 fully saturated rings. The van der Waals surface area contributed by atoms with Gasteiger partial charge in [0.2, 0.25) is 0 Å². The van der Waals surface area contributed by atoms with Gasteiger partial charge in [0.1, 0.15) is 6.04 Å². The Balaban J connectivity index is 1.43. The SMILES string of the molecule is C[C@@H]1C[C@@H](C)CN(c2ccc(N3C(=S)N[C@@H](c4ccccn4)[C@@H]3c3cccn3-c3cccc([N+](=O)[O-])c3)cc2Cl)C1. The predicted octanol–water partition coefficient (Wildman–Crippen LogP) is 7.09. The number of nitro benzene ring substituents is 1. The molecule has 6 rings (SSSR count). The van der Waals surface area contributed by atoms with E-state index in [9.17, 15) is 10.1 Å². The van der Waals surface area contributed by atoms with Crippen molar-refractivity contribution in [1.82, 2.24) is 14.9 Å². The van der Waals surface area contributed by atoms with E-state index in [1.54, 1.807) is 18.3 Å². The third kappa shape index (κ3) is 5.27. The van der Waals surface area contributed by atoms with E-state index in [0.29, 0.717) is 27.7 Å². The van der Waals surface area contributed by atoms with Crippen LogP contribution in [0.15, 0.2) is 85.2 Å². The largest absolute Gasteiger partial charge is 0.370 e. The van der Waals surface area contributed by atoms with Crippen molar-refractivity contribution in [3.63, 3.8) is 0 Å². The van der Waals surface area contributed by atoms with Crippen LogP contribution < -0.4 is 15.1 Å². The number of anilines is 2. The molecule has 0 radical (unpaired) electrons. The molecule has 2 aliphatic rings. The van der Waals surface area contributed by atoms with Crippen molar-refractivity contribution in [2.45, 2.75) is 32.4 Å². The average Bonchev–Trinajstić information content (AvgIpc) is 3.57. The van der Waals surface area contributed by atoms with Gasteiger partial charge in [0.25, 0.3) is 5.69 Å². The van der Waals surface area contributed by atoms with E-state index in [0.717, 1.165) is 35.9 Å². The minimum atomic E-state index is -0.380. The van der Waals surface area contributed by atoms with Crippen molar-refractivity contribution in [3.05, 3.63) is 112 Å². The number of hydrogen-bond acceptors (Lipinski definition) is 5. The van der Waals surface area contributed by atoms with Crippen LogP contribution in [0.25, 0.3) is 5.69 Å². The van der Waals surface area contributed by atoms with Gasteiger partial charge in [0.15, 0.2) is 5.11 Å². The molecule has 0 aliphatic carbocycles. The van der Waals surface area contributed by atoms with Gasteiger partial charge in [-0.2, -0.15) is 0 Å². The first-order chi connectivity index (χ1) is 19.8. The number of benzene rings is 2. The molecule has 2 aromatic heterocycles. The van der Waals surface area contributed by atoms with Crippen LogP contribution in [0.5, 0.6) is 0 Å². The number of nitro groups is 1. The number of hydrogen-bond donors (Lipinski definition) is 1. The lowest BCUT2D eigenvalue weighted by Crippen LogP contribution is -2.38. The van der Waals surface area contributed by atoms with Gasteiger partial charge < -0.3 is 19.7 Å². The normalized spacial score (nSPS) is 22.6. The lowest BCUT2D eigenvalue weighted by atomic mass is 9.91. The Morgan fingerprint density at radius 3 is 2.51 bits per heavy atom. The summed E-state index contributed by atoms with van der Waals surface area (Å²) in [4.78, 5) is 20.3. The van der Waals surface area contributed by atoms with Gasteiger partial charge in [0, 0.05) is 49.0 Å². The maximum atomic E-state index is 11.5. The summed E-state index contributed by atoms with van der Waals surface area (Å²) in [6.45, 7) is 6.54. The second-order valence-corrected chi connectivity index (χ2v) is 11.9. The Morgan fingerprint density at radius 1 is 1.00 bits per heavy atom. The van der Waals surface area contributed by atoms with E-state index < -0.39 is 0 Å². The summed E-state index contributed by atoms with van der Waals surface area (Å²) >= 11 is 12.9. The monoisotopic (exact) mass is 586 g/mol. The van der Waals surface area contributed by atoms with E-state index in [-0.39, 0.29) is 22.7 Å². The Morgan fingerprint density at radius 2 is 1.80 bits per heavy atom. The second-order valence-electron chi connectivity index (χ2n) is 11.1. The third-order valence-electron chi connectivity index (χ3n) is 7.92. The highest BCUT2D eigenvalue weighted by molar-refractivity contribution is 7.80. The second kappa shape index (κ2) is 11.1. The first-order valence-corrected chi connectivity index (χ1v) is 14.6. The summed E-state index contributed by atoms with van der Waals surface area (Å²) in [6, 6.07) is 22.0. The fourth-order valence-electron chi connectivity index (χ4n) is 6.32. The molecule has 0 unspecified atom stereocenters. The van der Waals surface area contributed by atoms with Crippen molar-refractivity contribution in [2.75, 3.05) is 22.9 Å². The molecule has 1 N–H and O–H groups in total. The van der Waals surface area contributed by atoms with Gasteiger partial charge in [-0.3, -0.25) is 15.1 Å². The van der Waals surface area contributed by atoms with E-state index in [1.807, 2.05) is 53.2 Å². The molecule has 0 spiro atoms. The number of pyridine rings is 1. The van der Waals surface area contributed by atoms with E-state index in [1.165, 1.54) is 12.5 Å². The van der Waals surface area contributed by atoms with E-state index >= 15 is 0 Å². The highest BCUT2D eigenvalue weighted by Gasteiger charge is 2.42. The molecule has 41 heavy (non-hydrogen) atoms. The molecule has 10 heteroatoms. The number of non-ortho nitro benzene ring substituents is 1. The Hall–Kier alpha value is -3.95. The summed E-state index contributed by atoms with van der Waals surface area (Å²) in [5.74, 6) is 1.21. The summed E-state index contributed by atoms with van der Waals surface area (Å²) in [6.07, 6.45) is 4.91. The van der Waals surface area contributed by atoms with Crippen molar-refractivity contribution in [2.24, 2.45) is 11.8 Å². The van der Waals surface area contributed by atoms with Crippen LogP contribution in [0.4, 0.5) is 17.1 Å². The quantitative estimate of drug-likeness (QED) is 0.147. The molecule has 0 bridgehead atoms. The van der Waals surface area contributed by atoms with Crippen LogP contribution >= 0.6 is 23.8 Å². The standard InChI is InChI=1S/C31H31ClN6O2S/c1-20-15-21(2)19-35(18-20)27-12-11-23(17-25(27)32)37-30(29(34-31(37)41)26-9-3-4-13-33-26)28-10-6-14-36(28)22-7-5-8-24(16-22)38(39)40/h3-14,16-17,20-21,29-30H,15,18-19H2,1-2H3,(H,34,41)/t20-,21-,29+,30+/m1/s1. The molecule has 4 aromatic rings. The van der Waals surface area contributed by atoms with Crippen molar-refractivity contribution in [3.8, 4) is 5.69 Å². The topological polar surface area (TPSA) is 79.5 Å². The van der Waals surface area contributed by atoms with Crippen LogP contribution in [0.1, 0.15) is 43.7 Å². The third-order valence-corrected chi connectivity index (χ3v) is 8.54. The highest BCUT2D eigenvalue weighted by Crippen LogP contribution is 2.44. The molecule has 4 atom stereocenters. The van der Waals surface area contributed by atoms with Gasteiger partial charge in [-0.1, -0.05) is 37.6 Å². The van der Waals surface area contributed by atoms with Crippen molar-refractivity contribution in [1.29, 1.82) is 0 Å². The van der Waals surface area contributed by atoms with Crippen molar-refractivity contribution < 1.29 is 4.92 Å². The minimum absolute atomic E-state index is 0.0315. The smallest absolute Gasteiger partial charge is 0.271 e. The van der Waals surface area contributed by atoms with Gasteiger partial charge in [-0.25, -0.2) is 0 Å². The van der Waals surface area contributed by atoms with E-state index in [2.05, 4.69) is 46.1 Å². The molecular formula is C31H31ClN6O2S. The van der Waals surface area contributed by atoms with Crippen LogP contribution in [0.2, 0.25) is 5.02 Å². The number of rotatable bonds is 6. The number of halogens is 1. The Kier molecular flexibility index (Phi) is 7.40. The van der Waals surface area contributed by atoms with Crippen LogP contribution in [-0.2, 0) is 0 Å². The summed E-state index contributed by atoms with van der Waals surface area (Å²) in [5, 5.41) is 16.3. The number of thiocarbonyl (C=S) groups is 1. The average molecular weight is 587 g/mol. The van der Waals surface area contributed by atoms with Crippen LogP contribution in [-0.4, -0.2) is 32.7 Å². The molecule has 2 aromatic carbocycles. The maximum absolute atomic E-state index is 11.5. The molecule has 8 nitrogen and oxygen atoms in total. The zero-order valence-corrected chi connectivity index (χ0v) is 24.4. The number of aromatic nitrogens is 2. The fourth-order valence-corrected chi connectivity index (χ4v) is 6.96. The van der Waals surface area contributed by atoms with E-state index in [4.69, 9.17) is 23.8 Å². The highest BCUT2D eigenvalue weighted by atomic mass is 35.5. The maximum Gasteiger partial charge on any atom is 0.271 e. The molecule has 2 saturated heterocycles. The first kappa shape index (κ1) is 27.2. The van der Waals surface area contributed by atoms with Gasteiger partial charge in [-0.15, -0.1) is 0 Å². The molecule has 0 amide bonds. The molecule has 2 aliphatic heterocycles.